The second-order valence-electron chi connectivity index (χ2n) is 13.0. The Balaban J connectivity index is 0.984. The average molecular weight is 620 g/mol. The van der Waals surface area contributed by atoms with Gasteiger partial charge in [-0.15, -0.1) is 0 Å². The molecule has 4 aliphatic heterocycles. The number of likely N-dealkylation sites (N-methyl/N-ethyl adjacent to an activating group) is 1. The van der Waals surface area contributed by atoms with E-state index in [0.29, 0.717) is 19.4 Å². The van der Waals surface area contributed by atoms with Gasteiger partial charge in [0.2, 0.25) is 5.91 Å². The summed E-state index contributed by atoms with van der Waals surface area (Å²) in [6, 6.07) is 25.8. The van der Waals surface area contributed by atoms with Crippen molar-refractivity contribution in [3.05, 3.63) is 108 Å². The number of hydrogen-bond acceptors (Lipinski definition) is 5. The summed E-state index contributed by atoms with van der Waals surface area (Å²) in [7, 11) is 3.77. The zero-order valence-corrected chi connectivity index (χ0v) is 26.2. The summed E-state index contributed by atoms with van der Waals surface area (Å²) in [6.07, 6.45) is 4.04. The molecule has 8 heteroatoms. The molecule has 4 heterocycles. The number of nitrogens with one attached hydrogen (secondary N) is 1. The van der Waals surface area contributed by atoms with Crippen molar-refractivity contribution in [3.63, 3.8) is 0 Å². The molecule has 0 bridgehead atoms. The highest BCUT2D eigenvalue weighted by Gasteiger charge is 2.42. The van der Waals surface area contributed by atoms with Crippen LogP contribution >= 0.6 is 0 Å². The van der Waals surface area contributed by atoms with E-state index < -0.39 is 18.4 Å². The lowest BCUT2D eigenvalue weighted by Gasteiger charge is -2.32. The maximum atomic E-state index is 14.8. The number of benzene rings is 3. The van der Waals surface area contributed by atoms with Gasteiger partial charge >= 0.3 is 0 Å². The van der Waals surface area contributed by atoms with Gasteiger partial charge in [-0.05, 0) is 53.1 Å². The Bertz CT molecular complexity index is 1710. The Hall–Kier alpha value is -4.27. The fourth-order valence-electron chi connectivity index (χ4n) is 7.16. The van der Waals surface area contributed by atoms with Crippen LogP contribution in [0.1, 0.15) is 48.4 Å². The maximum absolute atomic E-state index is 14.8. The fraction of sp³-hybridized carbons (Fsp3) is 0.342. The SMILES string of the molecule is CN(C)[C@@H](C(=O)N1C[C@@H](F)C[C@H]1C1=NC=C(c2ccc(-c3ccc(C4=CN=C([C@@H]5C[C@H](F)CN5)C4)cc3)cc2)C1)c1ccccc1. The minimum Gasteiger partial charge on any atom is -0.330 e. The molecular weight excluding hydrogens is 580 g/mol. The zero-order valence-electron chi connectivity index (χ0n) is 26.2. The van der Waals surface area contributed by atoms with E-state index >= 15 is 0 Å². The van der Waals surface area contributed by atoms with Crippen LogP contribution in [-0.4, -0.2) is 78.7 Å². The van der Waals surface area contributed by atoms with Crippen molar-refractivity contribution in [1.29, 1.82) is 0 Å². The number of hydrogen-bond donors (Lipinski definition) is 1. The van der Waals surface area contributed by atoms with Crippen molar-refractivity contribution < 1.29 is 13.6 Å². The highest BCUT2D eigenvalue weighted by molar-refractivity contribution is 6.04. The minimum atomic E-state index is -1.07. The number of halogens is 2. The van der Waals surface area contributed by atoms with Gasteiger partial charge in [0, 0.05) is 62.1 Å². The number of nitrogens with zero attached hydrogens (tertiary/aromatic N) is 4. The lowest BCUT2D eigenvalue weighted by molar-refractivity contribution is -0.136. The molecule has 0 spiro atoms. The number of likely N-dealkylation sites (tertiary alicyclic amines) is 1. The smallest absolute Gasteiger partial charge is 0.245 e. The predicted octanol–water partition coefficient (Wildman–Crippen LogP) is 6.67. The van der Waals surface area contributed by atoms with E-state index in [0.717, 1.165) is 56.8 Å². The first-order valence-electron chi connectivity index (χ1n) is 16.1. The summed E-state index contributed by atoms with van der Waals surface area (Å²) in [5.41, 5.74) is 9.41. The van der Waals surface area contributed by atoms with Crippen molar-refractivity contribution in [2.24, 2.45) is 9.98 Å². The minimum absolute atomic E-state index is 0.0354. The maximum Gasteiger partial charge on any atom is 0.245 e. The summed E-state index contributed by atoms with van der Waals surface area (Å²) in [6.45, 7) is 0.496. The van der Waals surface area contributed by atoms with E-state index in [1.165, 1.54) is 0 Å². The molecule has 0 radical (unpaired) electrons. The van der Waals surface area contributed by atoms with E-state index in [1.807, 2.05) is 61.7 Å². The van der Waals surface area contributed by atoms with Crippen molar-refractivity contribution in [3.8, 4) is 11.1 Å². The molecule has 7 rings (SSSR count). The Morgan fingerprint density at radius 1 is 0.783 bits per heavy atom. The molecule has 0 saturated carbocycles. The fourth-order valence-corrected chi connectivity index (χ4v) is 7.16. The van der Waals surface area contributed by atoms with Crippen LogP contribution in [0.4, 0.5) is 8.78 Å². The molecule has 1 amide bonds. The first-order valence-corrected chi connectivity index (χ1v) is 16.1. The van der Waals surface area contributed by atoms with Crippen LogP contribution in [0.5, 0.6) is 0 Å². The summed E-state index contributed by atoms with van der Waals surface area (Å²) >= 11 is 0. The number of aliphatic imine (C=N–C) groups is 2. The predicted molar refractivity (Wildman–Crippen MR) is 181 cm³/mol. The largest absolute Gasteiger partial charge is 0.330 e. The van der Waals surface area contributed by atoms with Gasteiger partial charge in [-0.3, -0.25) is 19.7 Å². The van der Waals surface area contributed by atoms with Gasteiger partial charge in [0.1, 0.15) is 18.4 Å². The van der Waals surface area contributed by atoms with Crippen LogP contribution < -0.4 is 5.32 Å². The third kappa shape index (κ3) is 6.11. The number of amides is 1. The van der Waals surface area contributed by atoms with E-state index in [-0.39, 0.29) is 31.0 Å². The molecule has 0 aliphatic carbocycles. The van der Waals surface area contributed by atoms with E-state index in [1.54, 1.807) is 4.90 Å². The second kappa shape index (κ2) is 12.9. The Kier molecular flexibility index (Phi) is 8.49. The molecule has 3 aromatic carbocycles. The van der Waals surface area contributed by atoms with Crippen LogP contribution in [-0.2, 0) is 4.79 Å². The van der Waals surface area contributed by atoms with Crippen LogP contribution in [0.25, 0.3) is 22.3 Å². The summed E-state index contributed by atoms with van der Waals surface area (Å²) in [5, 5.41) is 3.23. The standard InChI is InChI=1S/C38H39F2N5O/c1-44(2)37(28-6-4-3-5-7-28)38(46)45-23-32(40)19-36(45)35-17-30(21-42-35)27-14-10-25(11-15-27)24-8-12-26(13-9-24)29-16-33(41-20-29)34-18-31(39)22-43-34/h3-15,20-21,31-32,34,36-37,43H,16-19,22-23H2,1-2H3/t31-,32-,34-,36-,37+/m0/s1. The topological polar surface area (TPSA) is 60.3 Å². The monoisotopic (exact) mass is 619 g/mol. The molecule has 1 N–H and O–H groups in total. The first-order chi connectivity index (χ1) is 22.3. The summed E-state index contributed by atoms with van der Waals surface area (Å²) < 4.78 is 28.5. The van der Waals surface area contributed by atoms with Crippen LogP contribution in [0.2, 0.25) is 0 Å². The van der Waals surface area contributed by atoms with Crippen LogP contribution in [0.15, 0.2) is 101 Å². The Morgan fingerprint density at radius 3 is 1.91 bits per heavy atom. The lowest BCUT2D eigenvalue weighted by atomic mass is 9.94. The average Bonchev–Trinajstić information content (AvgIpc) is 3.89. The highest BCUT2D eigenvalue weighted by Crippen LogP contribution is 2.35. The van der Waals surface area contributed by atoms with Crippen LogP contribution in [0, 0.1) is 0 Å². The van der Waals surface area contributed by atoms with Crippen LogP contribution in [0.3, 0.4) is 0 Å². The van der Waals surface area contributed by atoms with Gasteiger partial charge < -0.3 is 10.2 Å². The third-order valence-electron chi connectivity index (χ3n) is 9.62. The molecule has 0 unspecified atom stereocenters. The zero-order chi connectivity index (χ0) is 31.8. The Morgan fingerprint density at radius 2 is 1.35 bits per heavy atom. The number of allylic oxidation sites excluding steroid dienone is 2. The first kappa shape index (κ1) is 30.4. The van der Waals surface area contributed by atoms with E-state index in [9.17, 15) is 13.6 Å². The highest BCUT2D eigenvalue weighted by atomic mass is 19.1. The molecule has 0 aromatic heterocycles. The van der Waals surface area contributed by atoms with E-state index in [2.05, 4.69) is 58.8 Å². The van der Waals surface area contributed by atoms with Crippen molar-refractivity contribution in [1.82, 2.24) is 15.1 Å². The molecule has 4 aliphatic rings. The molecule has 46 heavy (non-hydrogen) atoms. The second-order valence-corrected chi connectivity index (χ2v) is 13.0. The van der Waals surface area contributed by atoms with Crippen molar-refractivity contribution in [2.75, 3.05) is 27.2 Å². The van der Waals surface area contributed by atoms with E-state index in [4.69, 9.17) is 4.99 Å². The summed E-state index contributed by atoms with van der Waals surface area (Å²) in [5.74, 6) is -0.0918. The quantitative estimate of drug-likeness (QED) is 0.307. The Labute approximate surface area is 269 Å². The summed E-state index contributed by atoms with van der Waals surface area (Å²) in [4.78, 5) is 26.7. The molecule has 2 saturated heterocycles. The van der Waals surface area contributed by atoms with Gasteiger partial charge in [-0.2, -0.15) is 0 Å². The third-order valence-corrected chi connectivity index (χ3v) is 9.62. The molecule has 6 nitrogen and oxygen atoms in total. The molecule has 2 fully saturated rings. The van der Waals surface area contributed by atoms with Gasteiger partial charge in [0.05, 0.1) is 12.6 Å². The normalized spacial score (nSPS) is 25.0. The molecular formula is C38H39F2N5O. The van der Waals surface area contributed by atoms with Gasteiger partial charge in [-0.25, -0.2) is 8.78 Å². The van der Waals surface area contributed by atoms with Crippen molar-refractivity contribution in [2.45, 2.75) is 56.2 Å². The molecule has 236 valence electrons. The van der Waals surface area contributed by atoms with Crippen molar-refractivity contribution >= 4 is 28.5 Å². The number of carbonyl (C=O) groups is 1. The van der Waals surface area contributed by atoms with Gasteiger partial charge in [-0.1, -0.05) is 78.9 Å². The van der Waals surface area contributed by atoms with Gasteiger partial charge in [0.15, 0.2) is 0 Å². The molecule has 5 atom stereocenters. The number of alkyl halides is 2. The lowest BCUT2D eigenvalue weighted by Crippen LogP contribution is -2.45. The van der Waals surface area contributed by atoms with Gasteiger partial charge in [0.25, 0.3) is 0 Å². The number of carbonyl (C=O) groups excluding carboxylic acids is 1. The number of rotatable bonds is 8. The molecule has 3 aromatic rings.